The number of benzene rings is 2. The first kappa shape index (κ1) is 20.4. The maximum absolute atomic E-state index is 12.8. The van der Waals surface area contributed by atoms with Crippen molar-refractivity contribution in [3.05, 3.63) is 48.0 Å². The smallest absolute Gasteiger partial charge is 0.238 e. The van der Waals surface area contributed by atoms with Gasteiger partial charge in [-0.1, -0.05) is 11.8 Å². The van der Waals surface area contributed by atoms with Gasteiger partial charge in [-0.25, -0.2) is 18.5 Å². The fraction of sp³-hybridized carbons (Fsp3) is 0.263. The van der Waals surface area contributed by atoms with E-state index in [1.54, 1.807) is 37.4 Å². The van der Waals surface area contributed by atoms with Crippen LogP contribution in [0.1, 0.15) is 24.2 Å². The van der Waals surface area contributed by atoms with Gasteiger partial charge in [0.15, 0.2) is 10.9 Å². The maximum atomic E-state index is 12.8. The average Bonchev–Trinajstić information content (AvgIpc) is 3.02. The van der Waals surface area contributed by atoms with E-state index in [1.165, 1.54) is 23.9 Å². The van der Waals surface area contributed by atoms with E-state index in [0.29, 0.717) is 28.5 Å². The number of thioether (sulfide) groups is 1. The van der Waals surface area contributed by atoms with E-state index in [9.17, 15) is 13.2 Å². The van der Waals surface area contributed by atoms with Gasteiger partial charge in [0.25, 0.3) is 0 Å². The van der Waals surface area contributed by atoms with Crippen LogP contribution in [0, 0.1) is 0 Å². The third-order valence-corrected chi connectivity index (χ3v) is 6.36. The number of nitrogens with zero attached hydrogens (tertiary/aromatic N) is 2. The molecule has 0 spiro atoms. The zero-order chi connectivity index (χ0) is 20.5. The number of hydrogen-bond donors (Lipinski definition) is 1. The number of carbonyl (C=O) groups is 1. The third-order valence-electron chi connectivity index (χ3n) is 4.36. The number of Topliss-reactive ketones (excluding diaryl/α,β-unsaturated/α-hetero) is 1. The van der Waals surface area contributed by atoms with Gasteiger partial charge < -0.3 is 9.30 Å². The molecule has 1 aromatic heterocycles. The molecule has 0 radical (unpaired) electrons. The maximum Gasteiger partial charge on any atom is 0.238 e. The summed E-state index contributed by atoms with van der Waals surface area (Å²) in [6.07, 6.45) is 0. The topological polar surface area (TPSA) is 104 Å². The molecule has 0 fully saturated rings. The summed E-state index contributed by atoms with van der Waals surface area (Å²) in [7, 11) is -2.23. The van der Waals surface area contributed by atoms with Crippen LogP contribution in [0.4, 0.5) is 0 Å². The number of methoxy groups -OCH3 is 1. The number of carbonyl (C=O) groups excluding carboxylic acids is 1. The van der Waals surface area contributed by atoms with Crippen LogP contribution in [0.25, 0.3) is 11.0 Å². The van der Waals surface area contributed by atoms with Gasteiger partial charge in [-0.2, -0.15) is 0 Å². The van der Waals surface area contributed by atoms with E-state index in [2.05, 4.69) is 4.98 Å². The summed E-state index contributed by atoms with van der Waals surface area (Å²) in [6, 6.07) is 11.6. The first-order valence-electron chi connectivity index (χ1n) is 8.62. The number of fused-ring (bicyclic) bond motifs is 1. The molecule has 0 amide bonds. The molecule has 7 nitrogen and oxygen atoms in total. The second-order valence-corrected chi connectivity index (χ2v) is 9.06. The van der Waals surface area contributed by atoms with Crippen LogP contribution in [0.5, 0.6) is 5.75 Å². The predicted molar refractivity (Wildman–Crippen MR) is 109 cm³/mol. The molecule has 0 aliphatic heterocycles. The van der Waals surface area contributed by atoms with Crippen molar-refractivity contribution >= 4 is 38.6 Å². The highest BCUT2D eigenvalue weighted by Gasteiger charge is 2.21. The number of nitrogens with two attached hydrogens (primary N) is 1. The molecule has 0 saturated heterocycles. The summed E-state index contributed by atoms with van der Waals surface area (Å²) in [5, 5.41) is 5.49. The number of hydrogen-bond acceptors (Lipinski definition) is 6. The molecule has 2 N–H and O–H groups in total. The first-order valence-corrected chi connectivity index (χ1v) is 11.0. The monoisotopic (exact) mass is 419 g/mol. The van der Waals surface area contributed by atoms with Gasteiger partial charge >= 0.3 is 0 Å². The lowest BCUT2D eigenvalue weighted by Gasteiger charge is -2.11. The molecule has 1 atom stereocenters. The summed E-state index contributed by atoms with van der Waals surface area (Å²) < 4.78 is 30.3. The highest BCUT2D eigenvalue weighted by atomic mass is 32.2. The minimum absolute atomic E-state index is 0.0136. The molecular formula is C19H21N3O4S2. The van der Waals surface area contributed by atoms with Gasteiger partial charge in [0, 0.05) is 12.1 Å². The zero-order valence-electron chi connectivity index (χ0n) is 15.7. The molecule has 0 unspecified atom stereocenters. The van der Waals surface area contributed by atoms with Gasteiger partial charge in [-0.05, 0) is 56.3 Å². The SMILES string of the molecule is CCn1c(S[C@H](C)C(=O)c2ccc(OC)cc2)nc2cc(S(N)(=O)=O)ccc21. The van der Waals surface area contributed by atoms with Crippen molar-refractivity contribution in [2.24, 2.45) is 5.14 Å². The highest BCUT2D eigenvalue weighted by molar-refractivity contribution is 8.00. The van der Waals surface area contributed by atoms with E-state index < -0.39 is 10.0 Å². The van der Waals surface area contributed by atoms with E-state index in [-0.39, 0.29) is 15.9 Å². The Labute approximate surface area is 167 Å². The van der Waals surface area contributed by atoms with E-state index in [4.69, 9.17) is 9.88 Å². The number of ether oxygens (including phenoxy) is 1. The quantitative estimate of drug-likeness (QED) is 0.466. The fourth-order valence-electron chi connectivity index (χ4n) is 2.86. The number of ketones is 1. The highest BCUT2D eigenvalue weighted by Crippen LogP contribution is 2.30. The molecule has 1 heterocycles. The summed E-state index contributed by atoms with van der Waals surface area (Å²) >= 11 is 1.34. The molecule has 0 aliphatic rings. The number of sulfonamides is 1. The van der Waals surface area contributed by atoms with Crippen molar-refractivity contribution in [1.29, 1.82) is 0 Å². The van der Waals surface area contributed by atoms with Gasteiger partial charge in [0.05, 0.1) is 28.3 Å². The van der Waals surface area contributed by atoms with Crippen molar-refractivity contribution in [1.82, 2.24) is 9.55 Å². The average molecular weight is 420 g/mol. The Kier molecular flexibility index (Phi) is 5.78. The minimum atomic E-state index is -3.80. The molecule has 9 heteroatoms. The molecule has 28 heavy (non-hydrogen) atoms. The molecule has 3 aromatic rings. The lowest BCUT2D eigenvalue weighted by Crippen LogP contribution is -2.14. The lowest BCUT2D eigenvalue weighted by atomic mass is 10.1. The Morgan fingerprint density at radius 2 is 1.93 bits per heavy atom. The van der Waals surface area contributed by atoms with Crippen LogP contribution < -0.4 is 9.88 Å². The lowest BCUT2D eigenvalue weighted by molar-refractivity contribution is 0.0994. The second-order valence-electron chi connectivity index (χ2n) is 6.19. The number of aromatic nitrogens is 2. The van der Waals surface area contributed by atoms with Gasteiger partial charge in [0.1, 0.15) is 5.75 Å². The van der Waals surface area contributed by atoms with Gasteiger partial charge in [-0.3, -0.25) is 4.79 Å². The van der Waals surface area contributed by atoms with Crippen LogP contribution in [-0.4, -0.2) is 36.1 Å². The summed E-state index contributed by atoms with van der Waals surface area (Å²) in [5.74, 6) is 0.669. The summed E-state index contributed by atoms with van der Waals surface area (Å²) in [5.41, 5.74) is 1.91. The number of rotatable bonds is 7. The minimum Gasteiger partial charge on any atom is -0.497 e. The van der Waals surface area contributed by atoms with E-state index >= 15 is 0 Å². The van der Waals surface area contributed by atoms with Crippen LogP contribution in [-0.2, 0) is 16.6 Å². The standard InChI is InChI=1S/C19H21N3O4S2/c1-4-22-17-10-9-15(28(20,24)25)11-16(17)21-19(22)27-12(2)18(23)13-5-7-14(26-3)8-6-13/h5-12H,4H2,1-3H3,(H2,20,24,25)/t12-/m1/s1. The third kappa shape index (κ3) is 4.06. The van der Waals surface area contributed by atoms with Crippen molar-refractivity contribution in [3.8, 4) is 5.75 Å². The van der Waals surface area contributed by atoms with Crippen molar-refractivity contribution in [2.75, 3.05) is 7.11 Å². The fourth-order valence-corrected chi connectivity index (χ4v) is 4.46. The normalized spacial score (nSPS) is 12.9. The molecule has 0 aliphatic carbocycles. The molecule has 3 rings (SSSR count). The van der Waals surface area contributed by atoms with Gasteiger partial charge in [-0.15, -0.1) is 0 Å². The van der Waals surface area contributed by atoms with Gasteiger partial charge in [0.2, 0.25) is 10.0 Å². The van der Waals surface area contributed by atoms with Crippen LogP contribution in [0.15, 0.2) is 52.5 Å². The van der Waals surface area contributed by atoms with Crippen LogP contribution in [0.2, 0.25) is 0 Å². The first-order chi connectivity index (χ1) is 13.2. The van der Waals surface area contributed by atoms with Crippen molar-refractivity contribution in [2.45, 2.75) is 35.7 Å². The number of aryl methyl sites for hydroxylation is 1. The second kappa shape index (κ2) is 7.94. The summed E-state index contributed by atoms with van der Waals surface area (Å²) in [6.45, 7) is 4.43. The van der Waals surface area contributed by atoms with E-state index in [0.717, 1.165) is 5.52 Å². The number of imidazole rings is 1. The van der Waals surface area contributed by atoms with Crippen molar-refractivity contribution in [3.63, 3.8) is 0 Å². The Hall–Kier alpha value is -2.36. The molecular weight excluding hydrogens is 398 g/mol. The predicted octanol–water partition coefficient (Wildman–Crippen LogP) is 3.08. The molecule has 0 saturated carbocycles. The Balaban J connectivity index is 1.90. The Bertz CT molecular complexity index is 1120. The van der Waals surface area contributed by atoms with Crippen LogP contribution in [0.3, 0.4) is 0 Å². The summed E-state index contributed by atoms with van der Waals surface area (Å²) in [4.78, 5) is 17.3. The largest absolute Gasteiger partial charge is 0.497 e. The molecule has 2 aromatic carbocycles. The van der Waals surface area contributed by atoms with Crippen LogP contribution >= 0.6 is 11.8 Å². The van der Waals surface area contributed by atoms with E-state index in [1.807, 2.05) is 18.4 Å². The Morgan fingerprint density at radius 3 is 2.50 bits per heavy atom. The number of primary sulfonamides is 1. The van der Waals surface area contributed by atoms with Crippen molar-refractivity contribution < 1.29 is 17.9 Å². The zero-order valence-corrected chi connectivity index (χ0v) is 17.4. The Morgan fingerprint density at radius 1 is 1.25 bits per heavy atom. The molecule has 0 bridgehead atoms. The molecule has 148 valence electrons.